The molecule has 0 aromatic heterocycles. The Hall–Kier alpha value is -5.06. The molecule has 3 aromatic rings. The molecule has 1 spiro atoms. The van der Waals surface area contributed by atoms with Gasteiger partial charge in [0, 0.05) is 29.8 Å². The van der Waals surface area contributed by atoms with Crippen molar-refractivity contribution >= 4 is 35.4 Å². The summed E-state index contributed by atoms with van der Waals surface area (Å²) >= 11 is 0. The SMILES string of the molecule is COC(=O)Nc1ccc(C(=O)N[C@@H](Cc2ccccc2)C(=O)N2CCC[C@@]3(C2)OC(=O)Nc2ccc(OC)cc23)cc1. The molecular weight excluding hydrogens is 540 g/mol. The van der Waals surface area contributed by atoms with Gasteiger partial charge in [-0.05, 0) is 60.9 Å². The first kappa shape index (κ1) is 28.5. The van der Waals surface area contributed by atoms with E-state index in [0.29, 0.717) is 42.1 Å². The van der Waals surface area contributed by atoms with Crippen molar-refractivity contribution in [2.24, 2.45) is 0 Å². The van der Waals surface area contributed by atoms with E-state index in [4.69, 9.17) is 9.47 Å². The molecule has 0 bridgehead atoms. The molecular formula is C31H32N4O7. The molecule has 3 aromatic carbocycles. The lowest BCUT2D eigenvalue weighted by molar-refractivity contribution is -0.141. The number of likely N-dealkylation sites (tertiary alicyclic amines) is 1. The molecule has 4 amide bonds. The number of anilines is 2. The molecule has 1 saturated heterocycles. The van der Waals surface area contributed by atoms with Gasteiger partial charge >= 0.3 is 12.2 Å². The van der Waals surface area contributed by atoms with Crippen molar-refractivity contribution in [1.29, 1.82) is 0 Å². The third kappa shape index (κ3) is 6.14. The molecule has 3 N–H and O–H groups in total. The smallest absolute Gasteiger partial charge is 0.412 e. The summed E-state index contributed by atoms with van der Waals surface area (Å²) in [7, 11) is 2.82. The topological polar surface area (TPSA) is 135 Å². The van der Waals surface area contributed by atoms with Gasteiger partial charge in [-0.2, -0.15) is 0 Å². The van der Waals surface area contributed by atoms with Crippen LogP contribution >= 0.6 is 0 Å². The first-order valence-electron chi connectivity index (χ1n) is 13.6. The van der Waals surface area contributed by atoms with Crippen LogP contribution in [-0.4, -0.2) is 62.3 Å². The second-order valence-electron chi connectivity index (χ2n) is 10.2. The minimum atomic E-state index is -1.05. The zero-order valence-electron chi connectivity index (χ0n) is 23.3. The Balaban J connectivity index is 1.39. The fourth-order valence-electron chi connectivity index (χ4n) is 5.40. The van der Waals surface area contributed by atoms with Crippen LogP contribution in [0.1, 0.15) is 34.3 Å². The van der Waals surface area contributed by atoms with E-state index < -0.39 is 29.7 Å². The van der Waals surface area contributed by atoms with Crippen LogP contribution in [0, 0.1) is 0 Å². The molecule has 0 unspecified atom stereocenters. The van der Waals surface area contributed by atoms with Gasteiger partial charge < -0.3 is 24.4 Å². The summed E-state index contributed by atoms with van der Waals surface area (Å²) < 4.78 is 15.9. The molecule has 2 atom stereocenters. The van der Waals surface area contributed by atoms with Crippen LogP contribution in [0.2, 0.25) is 0 Å². The van der Waals surface area contributed by atoms with Crippen LogP contribution in [0.15, 0.2) is 72.8 Å². The van der Waals surface area contributed by atoms with Crippen molar-refractivity contribution in [1.82, 2.24) is 10.2 Å². The number of benzene rings is 3. The molecule has 0 aliphatic carbocycles. The van der Waals surface area contributed by atoms with Crippen molar-refractivity contribution in [3.05, 3.63) is 89.5 Å². The third-order valence-electron chi connectivity index (χ3n) is 7.47. The Labute approximate surface area is 243 Å². The number of ether oxygens (including phenoxy) is 3. The molecule has 11 nitrogen and oxygen atoms in total. The number of carbonyl (C=O) groups excluding carboxylic acids is 4. The number of carbonyl (C=O) groups is 4. The van der Waals surface area contributed by atoms with Gasteiger partial charge in [0.15, 0.2) is 5.60 Å². The number of hydrogen-bond donors (Lipinski definition) is 3. The van der Waals surface area contributed by atoms with Crippen molar-refractivity contribution in [2.45, 2.75) is 30.9 Å². The van der Waals surface area contributed by atoms with Gasteiger partial charge in [0.2, 0.25) is 5.91 Å². The van der Waals surface area contributed by atoms with E-state index in [-0.39, 0.29) is 18.9 Å². The quantitative estimate of drug-likeness (QED) is 0.384. The minimum Gasteiger partial charge on any atom is -0.497 e. The van der Waals surface area contributed by atoms with Crippen LogP contribution < -0.4 is 20.7 Å². The molecule has 11 heteroatoms. The molecule has 42 heavy (non-hydrogen) atoms. The second-order valence-corrected chi connectivity index (χ2v) is 10.2. The highest BCUT2D eigenvalue weighted by molar-refractivity contribution is 5.98. The van der Waals surface area contributed by atoms with Gasteiger partial charge in [0.25, 0.3) is 5.91 Å². The third-order valence-corrected chi connectivity index (χ3v) is 7.47. The Morgan fingerprint density at radius 2 is 1.81 bits per heavy atom. The molecule has 218 valence electrons. The highest BCUT2D eigenvalue weighted by atomic mass is 16.6. The van der Waals surface area contributed by atoms with E-state index in [9.17, 15) is 19.2 Å². The summed E-state index contributed by atoms with van der Waals surface area (Å²) in [5.41, 5.74) is 1.96. The number of amides is 4. The summed E-state index contributed by atoms with van der Waals surface area (Å²) in [6, 6.07) is 20.2. The molecule has 2 aliphatic rings. The van der Waals surface area contributed by atoms with Gasteiger partial charge in [0.05, 0.1) is 26.5 Å². The van der Waals surface area contributed by atoms with Gasteiger partial charge in [-0.3, -0.25) is 20.2 Å². The lowest BCUT2D eigenvalue weighted by atomic mass is 9.83. The van der Waals surface area contributed by atoms with Gasteiger partial charge in [-0.15, -0.1) is 0 Å². The highest BCUT2D eigenvalue weighted by Crippen LogP contribution is 2.43. The minimum absolute atomic E-state index is 0.133. The first-order chi connectivity index (χ1) is 20.3. The predicted molar refractivity (Wildman–Crippen MR) is 154 cm³/mol. The Morgan fingerprint density at radius 1 is 1.05 bits per heavy atom. The van der Waals surface area contributed by atoms with Crippen molar-refractivity contribution in [3.63, 3.8) is 0 Å². The largest absolute Gasteiger partial charge is 0.497 e. The van der Waals surface area contributed by atoms with Crippen LogP contribution in [0.25, 0.3) is 0 Å². The number of hydrogen-bond acceptors (Lipinski definition) is 7. The number of methoxy groups -OCH3 is 2. The van der Waals surface area contributed by atoms with Crippen molar-refractivity contribution in [3.8, 4) is 5.75 Å². The summed E-state index contributed by atoms with van der Waals surface area (Å²) in [4.78, 5) is 53.1. The Kier molecular flexibility index (Phi) is 8.28. The van der Waals surface area contributed by atoms with Gasteiger partial charge in [-0.1, -0.05) is 30.3 Å². The number of nitrogens with zero attached hydrogens (tertiary/aromatic N) is 1. The Morgan fingerprint density at radius 3 is 2.52 bits per heavy atom. The maximum atomic E-state index is 14.1. The molecule has 0 radical (unpaired) electrons. The highest BCUT2D eigenvalue weighted by Gasteiger charge is 2.47. The molecule has 1 fully saturated rings. The molecule has 2 aliphatic heterocycles. The summed E-state index contributed by atoms with van der Waals surface area (Å²) in [5, 5.41) is 8.18. The second kappa shape index (κ2) is 12.2. The number of piperidine rings is 1. The van der Waals surface area contributed by atoms with Gasteiger partial charge in [0.1, 0.15) is 11.8 Å². The molecule has 0 saturated carbocycles. The molecule has 5 rings (SSSR count). The van der Waals surface area contributed by atoms with E-state index in [1.807, 2.05) is 36.4 Å². The Bertz CT molecular complexity index is 1480. The van der Waals surface area contributed by atoms with Crippen LogP contribution in [0.3, 0.4) is 0 Å². The zero-order chi connectivity index (χ0) is 29.7. The number of nitrogens with one attached hydrogen (secondary N) is 3. The van der Waals surface area contributed by atoms with Crippen LogP contribution in [-0.2, 0) is 26.3 Å². The van der Waals surface area contributed by atoms with Crippen molar-refractivity contribution < 1.29 is 33.4 Å². The average Bonchev–Trinajstić information content (AvgIpc) is 3.01. The first-order valence-corrected chi connectivity index (χ1v) is 13.6. The van der Waals surface area contributed by atoms with E-state index in [1.165, 1.54) is 7.11 Å². The van der Waals surface area contributed by atoms with E-state index >= 15 is 0 Å². The number of rotatable bonds is 7. The normalized spacial score (nSPS) is 18.1. The standard InChI is InChI=1S/C31H32N4O7/c1-40-23-13-14-25-24(18-23)31(42-30(39)34-25)15-6-16-35(19-31)28(37)26(17-20-7-4-3-5-8-20)33-27(36)21-9-11-22(12-10-21)32-29(38)41-2/h3-5,7-14,18,26H,6,15-17,19H2,1-2H3,(H,32,38)(H,33,36)(H,34,39)/t26-,31-/m0/s1. The van der Waals surface area contributed by atoms with E-state index in [1.54, 1.807) is 48.4 Å². The lowest BCUT2D eigenvalue weighted by Gasteiger charge is -2.45. The fourth-order valence-corrected chi connectivity index (χ4v) is 5.40. The lowest BCUT2D eigenvalue weighted by Crippen LogP contribution is -2.57. The predicted octanol–water partition coefficient (Wildman–Crippen LogP) is 4.29. The molecule has 2 heterocycles. The maximum absolute atomic E-state index is 14.1. The van der Waals surface area contributed by atoms with Gasteiger partial charge in [-0.25, -0.2) is 9.59 Å². The average molecular weight is 573 g/mol. The maximum Gasteiger partial charge on any atom is 0.412 e. The number of fused-ring (bicyclic) bond motifs is 2. The van der Waals surface area contributed by atoms with E-state index in [0.717, 1.165) is 11.1 Å². The zero-order valence-corrected chi connectivity index (χ0v) is 23.3. The van der Waals surface area contributed by atoms with Crippen molar-refractivity contribution in [2.75, 3.05) is 37.9 Å². The fraction of sp³-hybridized carbons (Fsp3) is 0.290. The van der Waals surface area contributed by atoms with E-state index in [2.05, 4.69) is 20.7 Å². The van der Waals surface area contributed by atoms with Crippen LogP contribution in [0.5, 0.6) is 5.75 Å². The summed E-state index contributed by atoms with van der Waals surface area (Å²) in [6.07, 6.45) is 0.187. The summed E-state index contributed by atoms with van der Waals surface area (Å²) in [6.45, 7) is 0.578. The van der Waals surface area contributed by atoms with Crippen LogP contribution in [0.4, 0.5) is 21.0 Å². The summed E-state index contributed by atoms with van der Waals surface area (Å²) in [5.74, 6) is -0.114. The monoisotopic (exact) mass is 572 g/mol.